The predicted octanol–water partition coefficient (Wildman–Crippen LogP) is 2.30. The molecule has 2 atom stereocenters. The molecule has 2 saturated heterocycles. The quantitative estimate of drug-likeness (QED) is 0.858. The Hall–Kier alpha value is -1.80. The van der Waals surface area contributed by atoms with Crippen molar-refractivity contribution in [2.45, 2.75) is 38.1 Å². The third-order valence-corrected chi connectivity index (χ3v) is 5.64. The first-order valence-corrected chi connectivity index (χ1v) is 10.1. The van der Waals surface area contributed by atoms with Crippen LogP contribution in [-0.2, 0) is 15.0 Å². The first-order valence-electron chi connectivity index (χ1n) is 8.71. The molecule has 8 heteroatoms. The molecule has 1 N–H and O–H groups in total. The van der Waals surface area contributed by atoms with E-state index in [1.807, 2.05) is 0 Å². The second-order valence-electron chi connectivity index (χ2n) is 6.55. The number of nitrogens with zero attached hydrogens (tertiary/aromatic N) is 1. The fraction of sp³-hybridized carbons (Fsp3) is 0.588. The lowest BCUT2D eigenvalue weighted by atomic mass is 9.84. The minimum absolute atomic E-state index is 0.132. The molecule has 25 heavy (non-hydrogen) atoms. The molecule has 1 amide bonds. The zero-order valence-corrected chi connectivity index (χ0v) is 14.9. The first kappa shape index (κ1) is 18.0. The summed E-state index contributed by atoms with van der Waals surface area (Å²) in [6.07, 6.45) is 4.63. The number of fused-ring (bicyclic) bond motifs is 1. The Labute approximate surface area is 148 Å². The molecule has 1 aromatic rings. The third kappa shape index (κ3) is 5.09. The van der Waals surface area contributed by atoms with Crippen LogP contribution in [0, 0.1) is 5.92 Å². The van der Waals surface area contributed by atoms with Crippen molar-refractivity contribution >= 4 is 16.4 Å². The van der Waals surface area contributed by atoms with E-state index >= 15 is 0 Å². The summed E-state index contributed by atoms with van der Waals surface area (Å²) in [6.45, 7) is 2.44. The lowest BCUT2D eigenvalue weighted by Gasteiger charge is -2.44. The summed E-state index contributed by atoms with van der Waals surface area (Å²) in [4.78, 5) is 14.3. The van der Waals surface area contributed by atoms with Gasteiger partial charge in [-0.3, -0.25) is 4.90 Å². The van der Waals surface area contributed by atoms with Gasteiger partial charge in [-0.2, -0.15) is 13.1 Å². The highest BCUT2D eigenvalue weighted by atomic mass is 32.2. The van der Waals surface area contributed by atoms with Gasteiger partial charge in [0, 0.05) is 12.0 Å². The Balaban J connectivity index is 1.48. The van der Waals surface area contributed by atoms with E-state index in [-0.39, 0.29) is 18.3 Å². The summed E-state index contributed by atoms with van der Waals surface area (Å²) < 4.78 is 35.5. The standard InChI is InChI=1S/C17H24N2O5S/c20-17(18-25(21,22)24-15-8-2-1-3-9-15)23-13-14-7-6-12-19-11-5-4-10-16(14)19/h1-3,8-9,14,16H,4-7,10-13H2,(H,18,20)/t14-,16?/m0/s1. The molecule has 0 bridgehead atoms. The SMILES string of the molecule is O=C(NS(=O)(=O)Oc1ccccc1)OC[C@@H]1CCCN2CCCCC12. The van der Waals surface area contributed by atoms with Gasteiger partial charge < -0.3 is 8.92 Å². The van der Waals surface area contributed by atoms with Crippen LogP contribution in [0.5, 0.6) is 5.75 Å². The van der Waals surface area contributed by atoms with Gasteiger partial charge >= 0.3 is 16.4 Å². The summed E-state index contributed by atoms with van der Waals surface area (Å²) in [5.41, 5.74) is 0. The van der Waals surface area contributed by atoms with Crippen molar-refractivity contribution in [3.63, 3.8) is 0 Å². The Morgan fingerprint density at radius 1 is 1.12 bits per heavy atom. The monoisotopic (exact) mass is 368 g/mol. The van der Waals surface area contributed by atoms with Crippen LogP contribution in [0.1, 0.15) is 32.1 Å². The highest BCUT2D eigenvalue weighted by Crippen LogP contribution is 2.30. The highest BCUT2D eigenvalue weighted by Gasteiger charge is 2.33. The number of amides is 1. The van der Waals surface area contributed by atoms with E-state index in [0.29, 0.717) is 6.04 Å². The molecule has 2 aliphatic rings. The molecular weight excluding hydrogens is 344 g/mol. The molecule has 0 radical (unpaired) electrons. The van der Waals surface area contributed by atoms with Gasteiger partial charge in [-0.15, -0.1) is 0 Å². The van der Waals surface area contributed by atoms with Crippen LogP contribution < -0.4 is 8.91 Å². The normalized spacial score (nSPS) is 24.2. The van der Waals surface area contributed by atoms with Crippen LogP contribution in [0.4, 0.5) is 4.79 Å². The lowest BCUT2D eigenvalue weighted by Crippen LogP contribution is -2.49. The first-order chi connectivity index (χ1) is 12.0. The zero-order valence-electron chi connectivity index (χ0n) is 14.1. The van der Waals surface area contributed by atoms with Gasteiger partial charge in [0.2, 0.25) is 0 Å². The topological polar surface area (TPSA) is 84.9 Å². The predicted molar refractivity (Wildman–Crippen MR) is 92.4 cm³/mol. The van der Waals surface area contributed by atoms with Crippen LogP contribution >= 0.6 is 0 Å². The van der Waals surface area contributed by atoms with Gasteiger partial charge in [0.1, 0.15) is 5.75 Å². The van der Waals surface area contributed by atoms with Crippen molar-refractivity contribution in [2.75, 3.05) is 19.7 Å². The van der Waals surface area contributed by atoms with Gasteiger partial charge in [-0.25, -0.2) is 4.79 Å². The number of ether oxygens (including phenoxy) is 1. The summed E-state index contributed by atoms with van der Waals surface area (Å²) in [5, 5.41) is 0. The van der Waals surface area contributed by atoms with Crippen molar-refractivity contribution in [1.82, 2.24) is 9.62 Å². The average molecular weight is 368 g/mol. The number of piperidine rings is 2. The number of para-hydroxylation sites is 1. The Morgan fingerprint density at radius 3 is 2.68 bits per heavy atom. The van der Waals surface area contributed by atoms with Crippen molar-refractivity contribution in [1.29, 1.82) is 0 Å². The van der Waals surface area contributed by atoms with Crippen LogP contribution in [0.2, 0.25) is 0 Å². The second-order valence-corrected chi connectivity index (χ2v) is 7.83. The molecular formula is C17H24N2O5S. The smallest absolute Gasteiger partial charge is 0.423 e. The van der Waals surface area contributed by atoms with E-state index in [1.54, 1.807) is 22.9 Å². The maximum Gasteiger partial charge on any atom is 0.423 e. The zero-order chi connectivity index (χ0) is 17.7. The van der Waals surface area contributed by atoms with E-state index in [1.165, 1.54) is 25.0 Å². The minimum Gasteiger partial charge on any atom is -0.448 e. The lowest BCUT2D eigenvalue weighted by molar-refractivity contribution is 0.0244. The van der Waals surface area contributed by atoms with Gasteiger partial charge in [0.15, 0.2) is 0 Å². The number of hydrogen-bond donors (Lipinski definition) is 1. The molecule has 138 valence electrons. The maximum atomic E-state index is 11.8. The molecule has 1 aromatic carbocycles. The molecule has 3 rings (SSSR count). The molecule has 2 fully saturated rings. The number of nitrogens with one attached hydrogen (secondary N) is 1. The van der Waals surface area contributed by atoms with Crippen molar-refractivity contribution in [3.8, 4) is 5.75 Å². The Morgan fingerprint density at radius 2 is 1.88 bits per heavy atom. The number of carbonyl (C=O) groups is 1. The summed E-state index contributed by atoms with van der Waals surface area (Å²) in [6, 6.07) is 8.44. The molecule has 2 aliphatic heterocycles. The molecule has 1 unspecified atom stereocenters. The maximum absolute atomic E-state index is 11.8. The van der Waals surface area contributed by atoms with E-state index < -0.39 is 16.4 Å². The molecule has 0 spiro atoms. The Bertz CT molecular complexity index is 678. The van der Waals surface area contributed by atoms with Crippen LogP contribution in [0.3, 0.4) is 0 Å². The number of carbonyl (C=O) groups excluding carboxylic acids is 1. The number of rotatable bonds is 5. The van der Waals surface area contributed by atoms with Crippen LogP contribution in [-0.4, -0.2) is 45.1 Å². The number of hydrogen-bond acceptors (Lipinski definition) is 6. The molecule has 0 aliphatic carbocycles. The molecule has 0 aromatic heterocycles. The minimum atomic E-state index is -4.25. The van der Waals surface area contributed by atoms with Gasteiger partial charge in [-0.05, 0) is 50.9 Å². The average Bonchev–Trinajstić information content (AvgIpc) is 2.60. The van der Waals surface area contributed by atoms with E-state index in [9.17, 15) is 13.2 Å². The fourth-order valence-corrected chi connectivity index (χ4v) is 4.38. The van der Waals surface area contributed by atoms with E-state index in [4.69, 9.17) is 8.92 Å². The van der Waals surface area contributed by atoms with E-state index in [0.717, 1.165) is 32.4 Å². The van der Waals surface area contributed by atoms with Crippen molar-refractivity contribution in [3.05, 3.63) is 30.3 Å². The summed E-state index contributed by atoms with van der Waals surface area (Å²) in [5.74, 6) is 0.394. The molecule has 0 saturated carbocycles. The number of benzene rings is 1. The molecule has 7 nitrogen and oxygen atoms in total. The van der Waals surface area contributed by atoms with Gasteiger partial charge in [0.25, 0.3) is 0 Å². The second kappa shape index (κ2) is 8.05. The Kier molecular flexibility index (Phi) is 5.80. The largest absolute Gasteiger partial charge is 0.448 e. The highest BCUT2D eigenvalue weighted by molar-refractivity contribution is 7.85. The summed E-state index contributed by atoms with van der Waals surface area (Å²) in [7, 11) is -4.25. The fourth-order valence-electron chi connectivity index (χ4n) is 3.71. The third-order valence-electron chi connectivity index (χ3n) is 4.81. The van der Waals surface area contributed by atoms with Crippen LogP contribution in [0.25, 0.3) is 0 Å². The van der Waals surface area contributed by atoms with Crippen molar-refractivity contribution < 1.29 is 22.1 Å². The van der Waals surface area contributed by atoms with Crippen LogP contribution in [0.15, 0.2) is 30.3 Å². The summed E-state index contributed by atoms with van der Waals surface area (Å²) >= 11 is 0. The van der Waals surface area contributed by atoms with E-state index in [2.05, 4.69) is 4.90 Å². The van der Waals surface area contributed by atoms with Gasteiger partial charge in [-0.1, -0.05) is 24.6 Å². The van der Waals surface area contributed by atoms with Gasteiger partial charge in [0.05, 0.1) is 6.61 Å². The molecule has 2 heterocycles. The van der Waals surface area contributed by atoms with Crippen molar-refractivity contribution in [2.24, 2.45) is 5.92 Å².